The van der Waals surface area contributed by atoms with Gasteiger partial charge in [-0.1, -0.05) is 31.4 Å². The summed E-state index contributed by atoms with van der Waals surface area (Å²) in [6.07, 6.45) is 6.85. The Morgan fingerprint density at radius 1 is 0.867 bits per heavy atom. The number of hydrogen-bond donors (Lipinski definition) is 0. The lowest BCUT2D eigenvalue weighted by molar-refractivity contribution is 0.186. The van der Waals surface area contributed by atoms with E-state index in [1.807, 2.05) is 0 Å². The Morgan fingerprint density at radius 3 is 2.13 bits per heavy atom. The number of unbranched alkanes of at least 4 members (excludes halogenated alkanes) is 4. The molecule has 2 heteroatoms. The van der Waals surface area contributed by atoms with E-state index in [1.165, 1.54) is 34.8 Å². The van der Waals surface area contributed by atoms with Gasteiger partial charge in [0.15, 0.2) is 0 Å². The molecule has 1 aromatic rings. The van der Waals surface area contributed by atoms with Crippen molar-refractivity contribution >= 4 is 22.6 Å². The minimum atomic E-state index is 0.0944. The zero-order valence-corrected chi connectivity index (χ0v) is 11.2. The van der Waals surface area contributed by atoms with Crippen LogP contribution in [0.3, 0.4) is 0 Å². The summed E-state index contributed by atoms with van der Waals surface area (Å²) in [5.74, 6) is 0. The van der Waals surface area contributed by atoms with Crippen LogP contribution in [-0.4, -0.2) is 6.61 Å². The molecule has 0 aliphatic carbocycles. The highest BCUT2D eigenvalue weighted by molar-refractivity contribution is 14.1. The average Bonchev–Trinajstić information content (AvgIpc) is 2.26. The molecule has 83 valence electrons. The molecule has 0 fully saturated rings. The lowest BCUT2D eigenvalue weighted by atomic mass is 10.1. The second-order valence-corrected chi connectivity index (χ2v) is 5.09. The van der Waals surface area contributed by atoms with Crippen LogP contribution in [-0.2, 0) is 11.5 Å². The van der Waals surface area contributed by atoms with E-state index in [-0.39, 0.29) is 6.61 Å². The Balaban J connectivity index is 2.07. The van der Waals surface area contributed by atoms with E-state index in [9.17, 15) is 5.11 Å². The molecule has 0 spiro atoms. The van der Waals surface area contributed by atoms with Crippen LogP contribution in [0.5, 0.6) is 0 Å². The summed E-state index contributed by atoms with van der Waals surface area (Å²) in [5.41, 5.74) is 1.43. The van der Waals surface area contributed by atoms with Gasteiger partial charge < -0.3 is 0 Å². The molecule has 15 heavy (non-hydrogen) atoms. The van der Waals surface area contributed by atoms with Crippen LogP contribution in [0, 0.1) is 3.57 Å². The molecule has 0 atom stereocenters. The van der Waals surface area contributed by atoms with Gasteiger partial charge in [-0.3, -0.25) is 0 Å². The second-order valence-electron chi connectivity index (χ2n) is 3.85. The summed E-state index contributed by atoms with van der Waals surface area (Å²) in [6, 6.07) is 8.74. The number of aryl methyl sites for hydroxylation is 1. The summed E-state index contributed by atoms with van der Waals surface area (Å²) in [6.45, 7) is 0.0944. The molecule has 0 aromatic heterocycles. The van der Waals surface area contributed by atoms with Crippen molar-refractivity contribution in [1.82, 2.24) is 0 Å². The fourth-order valence-corrected chi connectivity index (χ4v) is 1.97. The highest BCUT2D eigenvalue weighted by atomic mass is 127. The van der Waals surface area contributed by atoms with Gasteiger partial charge in [-0.05, 0) is 59.5 Å². The molecule has 1 nitrogen and oxygen atoms in total. The lowest BCUT2D eigenvalue weighted by Crippen LogP contribution is -1.87. The highest BCUT2D eigenvalue weighted by Gasteiger charge is 1.94. The first-order chi connectivity index (χ1) is 7.33. The number of halogens is 1. The van der Waals surface area contributed by atoms with Crippen molar-refractivity contribution in [2.24, 2.45) is 0 Å². The standard InChI is InChI=1S/C13H18IO/c14-13-9-7-12(8-10-13)6-4-2-1-3-5-11-15/h7-10H,1-6,11H2. The average molecular weight is 317 g/mol. The van der Waals surface area contributed by atoms with E-state index >= 15 is 0 Å². The summed E-state index contributed by atoms with van der Waals surface area (Å²) in [7, 11) is 0. The number of benzene rings is 1. The summed E-state index contributed by atoms with van der Waals surface area (Å²) in [5, 5.41) is 10.2. The Kier molecular flexibility index (Phi) is 7.01. The normalized spacial score (nSPS) is 10.5. The number of rotatable bonds is 7. The predicted octanol–water partition coefficient (Wildman–Crippen LogP) is 4.21. The van der Waals surface area contributed by atoms with Crippen LogP contribution in [0.4, 0.5) is 0 Å². The first kappa shape index (κ1) is 13.0. The third kappa shape index (κ3) is 6.15. The Morgan fingerprint density at radius 2 is 1.47 bits per heavy atom. The molecular formula is C13H18IO. The molecule has 0 aliphatic rings. The van der Waals surface area contributed by atoms with Gasteiger partial charge in [0.25, 0.3) is 0 Å². The van der Waals surface area contributed by atoms with Crippen molar-refractivity contribution in [2.45, 2.75) is 38.5 Å². The summed E-state index contributed by atoms with van der Waals surface area (Å²) < 4.78 is 1.30. The molecule has 0 unspecified atom stereocenters. The van der Waals surface area contributed by atoms with E-state index in [0.717, 1.165) is 12.8 Å². The SMILES string of the molecule is [O]CCCCCCCc1ccc(I)cc1. The van der Waals surface area contributed by atoms with E-state index in [1.54, 1.807) is 0 Å². The largest absolute Gasteiger partial charge is 0.237 e. The van der Waals surface area contributed by atoms with Crippen molar-refractivity contribution in [3.05, 3.63) is 33.4 Å². The molecule has 1 rings (SSSR count). The molecule has 0 heterocycles. The highest BCUT2D eigenvalue weighted by Crippen LogP contribution is 2.11. The van der Waals surface area contributed by atoms with Gasteiger partial charge in [-0.25, -0.2) is 5.11 Å². The fourth-order valence-electron chi connectivity index (χ4n) is 1.61. The molecule has 1 aromatic carbocycles. The van der Waals surface area contributed by atoms with Crippen molar-refractivity contribution < 1.29 is 5.11 Å². The van der Waals surface area contributed by atoms with Gasteiger partial charge in [0.05, 0.1) is 6.61 Å². The fraction of sp³-hybridized carbons (Fsp3) is 0.538. The Labute approximate surface area is 106 Å². The van der Waals surface area contributed by atoms with Crippen LogP contribution in [0.25, 0.3) is 0 Å². The third-order valence-electron chi connectivity index (χ3n) is 2.52. The summed E-state index contributed by atoms with van der Waals surface area (Å²) >= 11 is 2.33. The first-order valence-electron chi connectivity index (χ1n) is 5.65. The van der Waals surface area contributed by atoms with Crippen molar-refractivity contribution in [3.8, 4) is 0 Å². The number of hydrogen-bond acceptors (Lipinski definition) is 0. The van der Waals surface area contributed by atoms with Gasteiger partial charge >= 0.3 is 0 Å². The topological polar surface area (TPSA) is 19.9 Å². The van der Waals surface area contributed by atoms with E-state index in [4.69, 9.17) is 0 Å². The van der Waals surface area contributed by atoms with Crippen LogP contribution >= 0.6 is 22.6 Å². The lowest BCUT2D eigenvalue weighted by Gasteiger charge is -2.01. The maximum atomic E-state index is 10.2. The molecular weight excluding hydrogens is 299 g/mol. The second kappa shape index (κ2) is 8.11. The van der Waals surface area contributed by atoms with Gasteiger partial charge in [-0.2, -0.15) is 0 Å². The van der Waals surface area contributed by atoms with E-state index in [0.29, 0.717) is 0 Å². The van der Waals surface area contributed by atoms with E-state index in [2.05, 4.69) is 46.9 Å². The van der Waals surface area contributed by atoms with Crippen LogP contribution in [0.15, 0.2) is 24.3 Å². The zero-order valence-electron chi connectivity index (χ0n) is 9.05. The predicted molar refractivity (Wildman–Crippen MR) is 71.5 cm³/mol. The smallest absolute Gasteiger partial charge is 0.0822 e. The maximum Gasteiger partial charge on any atom is 0.0822 e. The van der Waals surface area contributed by atoms with Crippen LogP contribution in [0.1, 0.15) is 37.7 Å². The molecule has 0 saturated carbocycles. The van der Waals surface area contributed by atoms with Crippen molar-refractivity contribution in [2.75, 3.05) is 6.61 Å². The minimum Gasteiger partial charge on any atom is -0.237 e. The third-order valence-corrected chi connectivity index (χ3v) is 3.24. The van der Waals surface area contributed by atoms with E-state index < -0.39 is 0 Å². The summed E-state index contributed by atoms with van der Waals surface area (Å²) in [4.78, 5) is 0. The minimum absolute atomic E-state index is 0.0944. The van der Waals surface area contributed by atoms with Crippen molar-refractivity contribution in [1.29, 1.82) is 0 Å². The van der Waals surface area contributed by atoms with Gasteiger partial charge in [0.2, 0.25) is 0 Å². The monoisotopic (exact) mass is 317 g/mol. The molecule has 0 N–H and O–H groups in total. The van der Waals surface area contributed by atoms with Gasteiger partial charge in [-0.15, -0.1) is 0 Å². The first-order valence-corrected chi connectivity index (χ1v) is 6.73. The molecule has 0 amide bonds. The van der Waals surface area contributed by atoms with Crippen LogP contribution in [0.2, 0.25) is 0 Å². The molecule has 0 saturated heterocycles. The Hall–Kier alpha value is -0.0900. The zero-order chi connectivity index (χ0) is 10.9. The molecule has 1 radical (unpaired) electrons. The maximum absolute atomic E-state index is 10.2. The van der Waals surface area contributed by atoms with Gasteiger partial charge in [0, 0.05) is 3.57 Å². The molecule has 0 aliphatic heterocycles. The van der Waals surface area contributed by atoms with Gasteiger partial charge in [0.1, 0.15) is 0 Å². The quantitative estimate of drug-likeness (QED) is 0.530. The van der Waals surface area contributed by atoms with Crippen LogP contribution < -0.4 is 0 Å². The Bertz CT molecular complexity index is 256. The molecule has 0 bridgehead atoms. The van der Waals surface area contributed by atoms with Crippen molar-refractivity contribution in [3.63, 3.8) is 0 Å².